The maximum atomic E-state index is 14.0. The second-order valence-electron chi connectivity index (χ2n) is 7.15. The number of H-pyrrole nitrogens is 1. The molecule has 0 saturated carbocycles. The highest BCUT2D eigenvalue weighted by molar-refractivity contribution is 6.33. The van der Waals surface area contributed by atoms with Gasteiger partial charge in [0.2, 0.25) is 0 Å². The summed E-state index contributed by atoms with van der Waals surface area (Å²) >= 11 is 6.24. The summed E-state index contributed by atoms with van der Waals surface area (Å²) in [5.41, 5.74) is 8.08. The molecule has 8 nitrogen and oxygen atoms in total. The van der Waals surface area contributed by atoms with Crippen molar-refractivity contribution in [1.29, 1.82) is 0 Å². The molecule has 1 aromatic carbocycles. The van der Waals surface area contributed by atoms with Gasteiger partial charge in [-0.1, -0.05) is 17.7 Å². The average molecular weight is 438 g/mol. The van der Waals surface area contributed by atoms with Crippen LogP contribution in [0.4, 0.5) is 15.9 Å². The molecule has 0 saturated heterocycles. The molecular formula is C21H17ClFN7O. The van der Waals surface area contributed by atoms with Crippen LogP contribution in [0.2, 0.25) is 5.02 Å². The largest absolute Gasteiger partial charge is 0.397 e. The monoisotopic (exact) mass is 437 g/mol. The predicted molar refractivity (Wildman–Crippen MR) is 118 cm³/mol. The van der Waals surface area contributed by atoms with Gasteiger partial charge in [-0.05, 0) is 31.2 Å². The van der Waals surface area contributed by atoms with Gasteiger partial charge in [0.05, 0.1) is 33.5 Å². The van der Waals surface area contributed by atoms with Crippen LogP contribution in [0.5, 0.6) is 0 Å². The van der Waals surface area contributed by atoms with Crippen molar-refractivity contribution in [2.24, 2.45) is 0 Å². The van der Waals surface area contributed by atoms with Crippen LogP contribution in [-0.4, -0.2) is 23.9 Å². The van der Waals surface area contributed by atoms with Crippen molar-refractivity contribution in [2.45, 2.75) is 13.0 Å². The fourth-order valence-electron chi connectivity index (χ4n) is 3.73. The van der Waals surface area contributed by atoms with E-state index in [1.807, 2.05) is 6.92 Å². The Labute approximate surface area is 180 Å². The second kappa shape index (κ2) is 7.13. The third-order valence-electron chi connectivity index (χ3n) is 5.16. The van der Waals surface area contributed by atoms with Crippen LogP contribution in [0.25, 0.3) is 22.2 Å². The summed E-state index contributed by atoms with van der Waals surface area (Å²) in [6.07, 6.45) is 6.55. The Kier molecular flexibility index (Phi) is 4.40. The number of fused-ring (bicyclic) bond motifs is 2. The quantitative estimate of drug-likeness (QED) is 0.395. The van der Waals surface area contributed by atoms with E-state index in [1.54, 1.807) is 41.2 Å². The first-order valence-corrected chi connectivity index (χ1v) is 9.84. The van der Waals surface area contributed by atoms with Crippen molar-refractivity contribution >= 4 is 39.7 Å². The summed E-state index contributed by atoms with van der Waals surface area (Å²) < 4.78 is 17.1. The molecule has 0 radical (unpaired) electrons. The molecule has 5 rings (SSSR count). The molecule has 1 atom stereocenters. The summed E-state index contributed by atoms with van der Waals surface area (Å²) in [6, 6.07) is 7.08. The van der Waals surface area contributed by atoms with Crippen LogP contribution in [0, 0.1) is 5.82 Å². The number of rotatable bonds is 4. The highest BCUT2D eigenvalue weighted by Crippen LogP contribution is 2.29. The van der Waals surface area contributed by atoms with Crippen molar-refractivity contribution in [2.75, 3.05) is 11.1 Å². The normalized spacial score (nSPS) is 12.5. The Balaban J connectivity index is 1.70. The van der Waals surface area contributed by atoms with E-state index in [4.69, 9.17) is 17.3 Å². The number of nitrogens with zero attached hydrogens (tertiary/aromatic N) is 4. The van der Waals surface area contributed by atoms with Gasteiger partial charge >= 0.3 is 0 Å². The number of anilines is 2. The summed E-state index contributed by atoms with van der Waals surface area (Å²) in [4.78, 5) is 24.9. The lowest BCUT2D eigenvalue weighted by atomic mass is 10.2. The highest BCUT2D eigenvalue weighted by atomic mass is 35.5. The molecule has 0 aliphatic rings. The lowest BCUT2D eigenvalue weighted by molar-refractivity contribution is 0.625. The molecule has 0 spiro atoms. The number of aromatic amines is 1. The molecule has 31 heavy (non-hydrogen) atoms. The van der Waals surface area contributed by atoms with Crippen molar-refractivity contribution in [3.05, 3.63) is 82.1 Å². The van der Waals surface area contributed by atoms with Crippen LogP contribution in [0.3, 0.4) is 0 Å². The van der Waals surface area contributed by atoms with Gasteiger partial charge in [0, 0.05) is 18.6 Å². The predicted octanol–water partition coefficient (Wildman–Crippen LogP) is 3.91. The molecule has 0 amide bonds. The highest BCUT2D eigenvalue weighted by Gasteiger charge is 2.20. The van der Waals surface area contributed by atoms with Gasteiger partial charge in [-0.3, -0.25) is 9.36 Å². The van der Waals surface area contributed by atoms with E-state index >= 15 is 0 Å². The molecule has 5 aromatic rings. The van der Waals surface area contributed by atoms with Crippen LogP contribution in [0.15, 0.2) is 60.0 Å². The zero-order valence-electron chi connectivity index (χ0n) is 16.3. The zero-order valence-corrected chi connectivity index (χ0v) is 17.1. The van der Waals surface area contributed by atoms with E-state index < -0.39 is 11.9 Å². The summed E-state index contributed by atoms with van der Waals surface area (Å²) in [6.45, 7) is 1.87. The van der Waals surface area contributed by atoms with Gasteiger partial charge in [-0.25, -0.2) is 14.4 Å². The van der Waals surface area contributed by atoms with Crippen LogP contribution < -0.4 is 16.6 Å². The molecule has 0 bridgehead atoms. The number of nitrogen functional groups attached to an aromatic ring is 1. The van der Waals surface area contributed by atoms with Crippen LogP contribution in [0.1, 0.15) is 18.7 Å². The zero-order chi connectivity index (χ0) is 21.7. The molecule has 156 valence electrons. The van der Waals surface area contributed by atoms with Gasteiger partial charge < -0.3 is 20.4 Å². The van der Waals surface area contributed by atoms with E-state index in [0.29, 0.717) is 44.5 Å². The first kappa shape index (κ1) is 19.1. The minimum absolute atomic E-state index is 0.307. The van der Waals surface area contributed by atoms with Gasteiger partial charge in [-0.15, -0.1) is 0 Å². The lowest BCUT2D eigenvalue weighted by Gasteiger charge is -2.21. The fourth-order valence-corrected chi connectivity index (χ4v) is 3.96. The Hall–Kier alpha value is -3.85. The minimum Gasteiger partial charge on any atom is -0.397 e. The molecule has 4 heterocycles. The van der Waals surface area contributed by atoms with Crippen molar-refractivity contribution < 1.29 is 4.39 Å². The summed E-state index contributed by atoms with van der Waals surface area (Å²) in [5, 5.41) is 4.27. The number of hydrogen-bond donors (Lipinski definition) is 3. The van der Waals surface area contributed by atoms with Gasteiger partial charge in [0.25, 0.3) is 5.56 Å². The SMILES string of the molecule is CC(Nc1ncnc2[nH]cc(N)c12)c1cn2ccc(Cl)c2c(=O)n1-c1cccc(F)c1. The number of nitrogens with one attached hydrogen (secondary N) is 2. The van der Waals surface area contributed by atoms with Crippen molar-refractivity contribution in [3.8, 4) is 5.69 Å². The van der Waals surface area contributed by atoms with E-state index in [-0.39, 0.29) is 5.56 Å². The number of aromatic nitrogens is 5. The fraction of sp³-hybridized carbons (Fsp3) is 0.0952. The van der Waals surface area contributed by atoms with Crippen molar-refractivity contribution in [1.82, 2.24) is 23.9 Å². The van der Waals surface area contributed by atoms with Gasteiger partial charge in [0.1, 0.15) is 29.1 Å². The smallest absolute Gasteiger partial charge is 0.281 e. The Bertz CT molecular complexity index is 1500. The van der Waals surface area contributed by atoms with E-state index in [1.165, 1.54) is 23.0 Å². The van der Waals surface area contributed by atoms with Crippen molar-refractivity contribution in [3.63, 3.8) is 0 Å². The maximum Gasteiger partial charge on any atom is 0.281 e. The topological polar surface area (TPSA) is 106 Å². The molecule has 0 fully saturated rings. The van der Waals surface area contributed by atoms with E-state index in [0.717, 1.165) is 0 Å². The molecule has 4 aromatic heterocycles. The Morgan fingerprint density at radius 2 is 2.13 bits per heavy atom. The average Bonchev–Trinajstić information content (AvgIpc) is 3.31. The molecule has 4 N–H and O–H groups in total. The third-order valence-corrected chi connectivity index (χ3v) is 5.47. The molecular weight excluding hydrogens is 421 g/mol. The molecule has 10 heteroatoms. The number of benzene rings is 1. The van der Waals surface area contributed by atoms with E-state index in [2.05, 4.69) is 20.3 Å². The first-order valence-electron chi connectivity index (χ1n) is 9.46. The standard InChI is InChI=1S/C21H17ClFN7O/c1-11(28-20-17-15(24)8-25-19(17)26-10-27-20)16-9-29-6-5-14(22)18(29)21(31)30(16)13-4-2-3-12(23)7-13/h2-11H,24H2,1H3,(H2,25,26,27,28). The van der Waals surface area contributed by atoms with Crippen LogP contribution in [-0.2, 0) is 0 Å². The summed E-state index contributed by atoms with van der Waals surface area (Å²) in [7, 11) is 0. The van der Waals surface area contributed by atoms with E-state index in [9.17, 15) is 9.18 Å². The van der Waals surface area contributed by atoms with Gasteiger partial charge in [-0.2, -0.15) is 0 Å². The van der Waals surface area contributed by atoms with Crippen LogP contribution >= 0.6 is 11.6 Å². The molecule has 0 aliphatic carbocycles. The number of halogens is 2. The Morgan fingerprint density at radius 1 is 1.29 bits per heavy atom. The molecule has 1 unspecified atom stereocenters. The lowest BCUT2D eigenvalue weighted by Crippen LogP contribution is -2.27. The second-order valence-corrected chi connectivity index (χ2v) is 7.56. The number of nitrogens with two attached hydrogens (primary N) is 1. The van der Waals surface area contributed by atoms with Gasteiger partial charge in [0.15, 0.2) is 0 Å². The summed E-state index contributed by atoms with van der Waals surface area (Å²) in [5.74, 6) is 0.0649. The third kappa shape index (κ3) is 3.10. The Morgan fingerprint density at radius 3 is 2.94 bits per heavy atom. The first-order chi connectivity index (χ1) is 14.9. The number of hydrogen-bond acceptors (Lipinski definition) is 5. The minimum atomic E-state index is -0.449. The molecule has 0 aliphatic heterocycles. The maximum absolute atomic E-state index is 14.0.